The van der Waals surface area contributed by atoms with Crippen molar-refractivity contribution in [3.63, 3.8) is 0 Å². The number of hydrogen-bond acceptors (Lipinski definition) is 5. The third-order valence-electron chi connectivity index (χ3n) is 4.78. The van der Waals surface area contributed by atoms with E-state index in [0.717, 1.165) is 0 Å². The summed E-state index contributed by atoms with van der Waals surface area (Å²) in [5, 5.41) is 12.1. The summed E-state index contributed by atoms with van der Waals surface area (Å²) in [5.41, 5.74) is 0.981. The Bertz CT molecular complexity index is 1080. The minimum absolute atomic E-state index is 0.0534. The summed E-state index contributed by atoms with van der Waals surface area (Å²) in [7, 11) is 0. The second kappa shape index (κ2) is 5.83. The molecule has 0 saturated carbocycles. The maximum atomic E-state index is 12.6. The average Bonchev–Trinajstić information content (AvgIpc) is 2.60. The fraction of sp³-hybridized carbons (Fsp3) is 0.222. The molecule has 1 atom stereocenters. The summed E-state index contributed by atoms with van der Waals surface area (Å²) in [6, 6.07) is 6.07. The van der Waals surface area contributed by atoms with E-state index in [1.165, 1.54) is 12.1 Å². The number of carbonyl (C=O) groups is 2. The molecule has 0 saturated heterocycles. The molecule has 4 N–H and O–H groups in total. The van der Waals surface area contributed by atoms with Gasteiger partial charge in [0, 0.05) is 23.6 Å². The number of H-pyrrole nitrogens is 2. The Kier molecular flexibility index (Phi) is 3.61. The summed E-state index contributed by atoms with van der Waals surface area (Å²) < 4.78 is 0. The maximum absolute atomic E-state index is 12.6. The van der Waals surface area contributed by atoms with Gasteiger partial charge in [-0.3, -0.25) is 19.6 Å². The number of carbonyl (C=O) groups excluding carboxylic acids is 1. The van der Waals surface area contributed by atoms with Crippen LogP contribution in [0, 0.1) is 0 Å². The van der Waals surface area contributed by atoms with Crippen molar-refractivity contribution in [3.05, 3.63) is 73.1 Å². The van der Waals surface area contributed by atoms with Gasteiger partial charge < -0.3 is 10.4 Å². The molecule has 1 aliphatic carbocycles. The first kappa shape index (κ1) is 16.1. The molecule has 0 radical (unpaired) electrons. The van der Waals surface area contributed by atoms with E-state index in [2.05, 4.69) is 15.3 Å². The molecule has 1 aromatic carbocycles. The number of aromatic carboxylic acids is 1. The molecule has 1 aromatic heterocycles. The van der Waals surface area contributed by atoms with Crippen LogP contribution >= 0.6 is 0 Å². The van der Waals surface area contributed by atoms with E-state index in [-0.39, 0.29) is 22.7 Å². The minimum atomic E-state index is -1.06. The lowest BCUT2D eigenvalue weighted by Gasteiger charge is -2.32. The van der Waals surface area contributed by atoms with Gasteiger partial charge in [-0.05, 0) is 30.5 Å². The van der Waals surface area contributed by atoms with Gasteiger partial charge in [0.25, 0.3) is 5.56 Å². The van der Waals surface area contributed by atoms with Gasteiger partial charge in [0.05, 0.1) is 11.1 Å². The number of nitrogens with one attached hydrogen (secondary N) is 3. The first-order chi connectivity index (χ1) is 12.5. The first-order valence-electron chi connectivity index (χ1n) is 8.18. The molecule has 0 spiro atoms. The molecule has 0 fully saturated rings. The normalized spacial score (nSPS) is 18.8. The summed E-state index contributed by atoms with van der Waals surface area (Å²) >= 11 is 0. The zero-order chi connectivity index (χ0) is 18.4. The van der Waals surface area contributed by atoms with Crippen LogP contribution in [0.25, 0.3) is 0 Å². The largest absolute Gasteiger partial charge is 0.478 e. The Morgan fingerprint density at radius 3 is 2.46 bits per heavy atom. The molecule has 26 heavy (non-hydrogen) atoms. The fourth-order valence-electron chi connectivity index (χ4n) is 3.65. The molecular formula is C18H15N3O5. The Morgan fingerprint density at radius 1 is 1.04 bits per heavy atom. The van der Waals surface area contributed by atoms with E-state index in [9.17, 15) is 19.2 Å². The summed E-state index contributed by atoms with van der Waals surface area (Å²) in [6.45, 7) is 0. The van der Waals surface area contributed by atoms with Crippen LogP contribution in [0.5, 0.6) is 0 Å². The second-order valence-electron chi connectivity index (χ2n) is 6.35. The molecule has 1 unspecified atom stereocenters. The van der Waals surface area contributed by atoms with Crippen molar-refractivity contribution in [1.82, 2.24) is 9.97 Å². The van der Waals surface area contributed by atoms with E-state index in [4.69, 9.17) is 5.11 Å². The van der Waals surface area contributed by atoms with Crippen molar-refractivity contribution in [3.8, 4) is 0 Å². The Labute approximate surface area is 146 Å². The highest BCUT2D eigenvalue weighted by Gasteiger charge is 2.37. The van der Waals surface area contributed by atoms with Crippen molar-refractivity contribution in [2.45, 2.75) is 25.2 Å². The summed E-state index contributed by atoms with van der Waals surface area (Å²) in [4.78, 5) is 52.6. The molecule has 1 aliphatic heterocycles. The second-order valence-corrected chi connectivity index (χ2v) is 6.35. The number of aromatic nitrogens is 2. The standard InChI is InChI=1S/C18H15N3O5/c22-11-3-1-2-10-13(11)12(8-4-6-9(7-5-8)17(24)25)14-15(19-10)20-18(26)21-16(14)23/h4-7,12H,1-3H2,(H,24,25)(H3,19,20,21,23,26). The van der Waals surface area contributed by atoms with Crippen LogP contribution in [-0.4, -0.2) is 26.8 Å². The van der Waals surface area contributed by atoms with Crippen LogP contribution in [0.2, 0.25) is 0 Å². The van der Waals surface area contributed by atoms with Gasteiger partial charge >= 0.3 is 11.7 Å². The fourth-order valence-corrected chi connectivity index (χ4v) is 3.65. The smallest absolute Gasteiger partial charge is 0.335 e. The Morgan fingerprint density at radius 2 is 1.77 bits per heavy atom. The van der Waals surface area contributed by atoms with E-state index in [1.54, 1.807) is 12.1 Å². The van der Waals surface area contributed by atoms with Crippen LogP contribution in [-0.2, 0) is 4.79 Å². The number of fused-ring (bicyclic) bond motifs is 1. The van der Waals surface area contributed by atoms with Crippen molar-refractivity contribution < 1.29 is 14.7 Å². The number of hydrogen-bond donors (Lipinski definition) is 4. The van der Waals surface area contributed by atoms with Gasteiger partial charge in [0.2, 0.25) is 0 Å². The van der Waals surface area contributed by atoms with Gasteiger partial charge in [0.15, 0.2) is 5.78 Å². The predicted molar refractivity (Wildman–Crippen MR) is 92.4 cm³/mol. The van der Waals surface area contributed by atoms with E-state index < -0.39 is 23.1 Å². The average molecular weight is 353 g/mol. The molecule has 4 rings (SSSR count). The number of rotatable bonds is 2. The molecular weight excluding hydrogens is 338 g/mol. The molecule has 8 nitrogen and oxygen atoms in total. The Hall–Kier alpha value is -3.42. The number of benzene rings is 1. The van der Waals surface area contributed by atoms with Gasteiger partial charge in [-0.1, -0.05) is 12.1 Å². The minimum Gasteiger partial charge on any atom is -0.478 e. The summed E-state index contributed by atoms with van der Waals surface area (Å²) in [5.74, 6) is -1.49. The molecule has 132 valence electrons. The first-order valence-corrected chi connectivity index (χ1v) is 8.18. The maximum Gasteiger partial charge on any atom is 0.335 e. The van der Waals surface area contributed by atoms with E-state index in [0.29, 0.717) is 36.1 Å². The van der Waals surface area contributed by atoms with E-state index in [1.807, 2.05) is 0 Å². The summed E-state index contributed by atoms with van der Waals surface area (Å²) in [6.07, 6.45) is 1.72. The van der Waals surface area contributed by atoms with Gasteiger partial charge in [-0.2, -0.15) is 0 Å². The number of allylic oxidation sites excluding steroid dienone is 2. The van der Waals surface area contributed by atoms with Gasteiger partial charge in [-0.15, -0.1) is 0 Å². The molecule has 0 amide bonds. The molecule has 2 aliphatic rings. The topological polar surface area (TPSA) is 132 Å². The monoisotopic (exact) mass is 353 g/mol. The lowest BCUT2D eigenvalue weighted by molar-refractivity contribution is -0.116. The highest BCUT2D eigenvalue weighted by molar-refractivity contribution is 6.01. The number of Topliss-reactive ketones (excluding diaryl/α,β-unsaturated/α-hetero) is 1. The lowest BCUT2D eigenvalue weighted by atomic mass is 9.76. The molecule has 8 heteroatoms. The molecule has 0 bridgehead atoms. The Balaban J connectivity index is 1.96. The van der Waals surface area contributed by atoms with Crippen LogP contribution in [0.15, 0.2) is 45.1 Å². The molecule has 2 heterocycles. The highest BCUT2D eigenvalue weighted by Crippen LogP contribution is 2.42. The number of carboxylic acids is 1. The third kappa shape index (κ3) is 2.46. The van der Waals surface area contributed by atoms with Gasteiger partial charge in [0.1, 0.15) is 5.82 Å². The zero-order valence-corrected chi connectivity index (χ0v) is 13.6. The van der Waals surface area contributed by atoms with Gasteiger partial charge in [-0.25, -0.2) is 9.59 Å². The molecule has 2 aromatic rings. The van der Waals surface area contributed by atoms with Crippen LogP contribution in [0.1, 0.15) is 46.7 Å². The van der Waals surface area contributed by atoms with Crippen LogP contribution < -0.4 is 16.6 Å². The quantitative estimate of drug-likeness (QED) is 0.644. The lowest BCUT2D eigenvalue weighted by Crippen LogP contribution is -2.36. The van der Waals surface area contributed by atoms with Crippen molar-refractivity contribution in [2.75, 3.05) is 5.32 Å². The predicted octanol–water partition coefficient (Wildman–Crippen LogP) is 1.33. The zero-order valence-electron chi connectivity index (χ0n) is 13.6. The van der Waals surface area contributed by atoms with Crippen molar-refractivity contribution in [1.29, 1.82) is 0 Å². The SMILES string of the molecule is O=C1CCCC2=C1C(c1ccc(C(=O)O)cc1)c1c([nH]c(=O)[nH]c1=O)N2. The third-order valence-corrected chi connectivity index (χ3v) is 4.78. The van der Waals surface area contributed by atoms with Crippen LogP contribution in [0.4, 0.5) is 5.82 Å². The van der Waals surface area contributed by atoms with E-state index >= 15 is 0 Å². The number of carboxylic acid groups (broad SMARTS) is 1. The van der Waals surface area contributed by atoms with Crippen molar-refractivity contribution >= 4 is 17.6 Å². The number of ketones is 1. The number of anilines is 1. The highest BCUT2D eigenvalue weighted by atomic mass is 16.4. The number of aromatic amines is 2. The van der Waals surface area contributed by atoms with Crippen molar-refractivity contribution in [2.24, 2.45) is 0 Å². The van der Waals surface area contributed by atoms with Crippen LogP contribution in [0.3, 0.4) is 0 Å².